The summed E-state index contributed by atoms with van der Waals surface area (Å²) >= 11 is 0. The highest BCUT2D eigenvalue weighted by Gasteiger charge is 2.64. The van der Waals surface area contributed by atoms with E-state index < -0.39 is 22.9 Å². The molecule has 2 heterocycles. The summed E-state index contributed by atoms with van der Waals surface area (Å²) in [6.45, 7) is 11.9. The number of esters is 2. The van der Waals surface area contributed by atoms with Crippen molar-refractivity contribution < 1.29 is 19.1 Å². The molecule has 2 rings (SSSR count). The Kier molecular flexibility index (Phi) is 5.94. The Labute approximate surface area is 155 Å². The average molecular weight is 362 g/mol. The Bertz CT molecular complexity index is 684. The summed E-state index contributed by atoms with van der Waals surface area (Å²) in [7, 11) is 0. The summed E-state index contributed by atoms with van der Waals surface area (Å²) in [5, 5.41) is 0. The molecule has 6 nitrogen and oxygen atoms in total. The van der Waals surface area contributed by atoms with Gasteiger partial charge in [-0.05, 0) is 38.3 Å². The van der Waals surface area contributed by atoms with Gasteiger partial charge in [0.2, 0.25) is 0 Å². The summed E-state index contributed by atoms with van der Waals surface area (Å²) in [6.07, 6.45) is 3.42. The molecular formula is C20H30N2O4. The fraction of sp³-hybridized carbons (Fsp3) is 0.650. The van der Waals surface area contributed by atoms with Crippen molar-refractivity contribution in [3.63, 3.8) is 0 Å². The quantitative estimate of drug-likeness (QED) is 0.596. The van der Waals surface area contributed by atoms with Gasteiger partial charge in [0.15, 0.2) is 0 Å². The molecule has 1 aliphatic rings. The third-order valence-electron chi connectivity index (χ3n) is 5.26. The first-order valence-corrected chi connectivity index (χ1v) is 9.41. The minimum Gasteiger partial charge on any atom is -0.464 e. The molecule has 0 saturated carbocycles. The highest BCUT2D eigenvalue weighted by molar-refractivity contribution is 6.15. The number of aliphatic imine (C=N–C) groups is 1. The number of aromatic amines is 1. The number of hydrogen-bond donors (Lipinski definition) is 1. The van der Waals surface area contributed by atoms with Gasteiger partial charge in [-0.3, -0.25) is 4.99 Å². The van der Waals surface area contributed by atoms with E-state index in [2.05, 4.69) is 11.9 Å². The maximum absolute atomic E-state index is 12.9. The van der Waals surface area contributed by atoms with E-state index in [1.165, 1.54) is 0 Å². The largest absolute Gasteiger partial charge is 0.464 e. The normalized spacial score (nSPS) is 20.5. The number of nitrogens with zero attached hydrogens (tertiary/aromatic N) is 1. The molecule has 0 aromatic carbocycles. The standard InChI is InChI=1S/C20H30N2O4/c1-7-13-11-14(21-12-13)16-19(5,6)15(8-2)20(22-16,17(23)25-9-3)18(24)26-10-4/h11-12,15,21H,7-10H2,1-6H3. The Morgan fingerprint density at radius 3 is 2.12 bits per heavy atom. The molecule has 1 aromatic heterocycles. The molecule has 0 saturated heterocycles. The van der Waals surface area contributed by atoms with Crippen LogP contribution >= 0.6 is 0 Å². The highest BCUT2D eigenvalue weighted by atomic mass is 16.6. The second kappa shape index (κ2) is 7.64. The van der Waals surface area contributed by atoms with Crippen LogP contribution in [0.25, 0.3) is 0 Å². The van der Waals surface area contributed by atoms with Gasteiger partial charge in [0.05, 0.1) is 24.6 Å². The lowest BCUT2D eigenvalue weighted by atomic mass is 9.67. The third kappa shape index (κ3) is 3.06. The van der Waals surface area contributed by atoms with E-state index >= 15 is 0 Å². The van der Waals surface area contributed by atoms with Crippen LogP contribution < -0.4 is 0 Å². The Balaban J connectivity index is 2.67. The molecule has 1 aliphatic heterocycles. The monoisotopic (exact) mass is 362 g/mol. The maximum atomic E-state index is 12.9. The summed E-state index contributed by atoms with van der Waals surface area (Å²) in [6, 6.07) is 2.03. The van der Waals surface area contributed by atoms with Gasteiger partial charge in [-0.25, -0.2) is 9.59 Å². The van der Waals surface area contributed by atoms with Crippen LogP contribution in [0.2, 0.25) is 0 Å². The first-order valence-electron chi connectivity index (χ1n) is 9.41. The minimum atomic E-state index is -1.66. The molecule has 0 amide bonds. The van der Waals surface area contributed by atoms with Gasteiger partial charge in [-0.1, -0.05) is 27.7 Å². The van der Waals surface area contributed by atoms with Crippen molar-refractivity contribution in [3.05, 3.63) is 23.5 Å². The first kappa shape index (κ1) is 20.2. The lowest BCUT2D eigenvalue weighted by Gasteiger charge is -2.35. The highest BCUT2D eigenvalue weighted by Crippen LogP contribution is 2.49. The second-order valence-corrected chi connectivity index (χ2v) is 7.13. The van der Waals surface area contributed by atoms with E-state index in [4.69, 9.17) is 14.5 Å². The number of aryl methyl sites for hydroxylation is 1. The van der Waals surface area contributed by atoms with Crippen LogP contribution in [0.15, 0.2) is 17.3 Å². The Morgan fingerprint density at radius 2 is 1.69 bits per heavy atom. The fourth-order valence-electron chi connectivity index (χ4n) is 4.02. The minimum absolute atomic E-state index is 0.185. The fourth-order valence-corrected chi connectivity index (χ4v) is 4.02. The molecule has 0 fully saturated rings. The van der Waals surface area contributed by atoms with E-state index in [0.29, 0.717) is 12.1 Å². The molecule has 1 aromatic rings. The topological polar surface area (TPSA) is 80.8 Å². The van der Waals surface area contributed by atoms with Crippen LogP contribution in [0.4, 0.5) is 0 Å². The number of hydrogen-bond acceptors (Lipinski definition) is 5. The molecule has 1 N–H and O–H groups in total. The van der Waals surface area contributed by atoms with Crippen LogP contribution in [0, 0.1) is 11.3 Å². The van der Waals surface area contributed by atoms with E-state index in [9.17, 15) is 9.59 Å². The number of carbonyl (C=O) groups is 2. The summed E-state index contributed by atoms with van der Waals surface area (Å²) in [5.41, 5.74) is 0.545. The van der Waals surface area contributed by atoms with Gasteiger partial charge in [0.1, 0.15) is 0 Å². The number of ether oxygens (including phenoxy) is 2. The molecule has 26 heavy (non-hydrogen) atoms. The molecule has 6 heteroatoms. The lowest BCUT2D eigenvalue weighted by Crippen LogP contribution is -2.53. The van der Waals surface area contributed by atoms with Gasteiger partial charge in [-0.2, -0.15) is 0 Å². The third-order valence-corrected chi connectivity index (χ3v) is 5.26. The van der Waals surface area contributed by atoms with Gasteiger partial charge < -0.3 is 14.5 Å². The zero-order chi connectivity index (χ0) is 19.5. The van der Waals surface area contributed by atoms with Crippen molar-refractivity contribution in [3.8, 4) is 0 Å². The van der Waals surface area contributed by atoms with Crippen LogP contribution in [0.1, 0.15) is 59.2 Å². The molecular weight excluding hydrogens is 332 g/mol. The van der Waals surface area contributed by atoms with Gasteiger partial charge >= 0.3 is 11.9 Å². The van der Waals surface area contributed by atoms with Crippen molar-refractivity contribution in [1.82, 2.24) is 4.98 Å². The molecule has 1 atom stereocenters. The second-order valence-electron chi connectivity index (χ2n) is 7.13. The van der Waals surface area contributed by atoms with Crippen molar-refractivity contribution >= 4 is 17.7 Å². The number of nitrogens with one attached hydrogen (secondary N) is 1. The molecule has 1 unspecified atom stereocenters. The van der Waals surface area contributed by atoms with Crippen molar-refractivity contribution in [1.29, 1.82) is 0 Å². The number of rotatable bonds is 7. The Morgan fingerprint density at radius 1 is 1.12 bits per heavy atom. The average Bonchev–Trinajstić information content (AvgIpc) is 3.15. The van der Waals surface area contributed by atoms with E-state index in [-0.39, 0.29) is 19.1 Å². The predicted molar refractivity (Wildman–Crippen MR) is 100 cm³/mol. The van der Waals surface area contributed by atoms with Crippen molar-refractivity contribution in [2.75, 3.05) is 13.2 Å². The summed E-state index contributed by atoms with van der Waals surface area (Å²) in [4.78, 5) is 33.8. The van der Waals surface area contributed by atoms with E-state index in [1.54, 1.807) is 13.8 Å². The number of aromatic nitrogens is 1. The Hall–Kier alpha value is -2.11. The molecule has 0 bridgehead atoms. The zero-order valence-electron chi connectivity index (χ0n) is 16.6. The van der Waals surface area contributed by atoms with Gasteiger partial charge in [-0.15, -0.1) is 0 Å². The van der Waals surface area contributed by atoms with Crippen LogP contribution in [0.3, 0.4) is 0 Å². The molecule has 0 aliphatic carbocycles. The molecule has 144 valence electrons. The lowest BCUT2D eigenvalue weighted by molar-refractivity contribution is -0.167. The number of H-pyrrole nitrogens is 1. The van der Waals surface area contributed by atoms with E-state index in [0.717, 1.165) is 17.7 Å². The SMILES string of the molecule is CCOC(=O)C1(C(=O)OCC)N=C(c2cc(CC)c[nH]2)C(C)(C)C1CC. The first-order chi connectivity index (χ1) is 12.3. The van der Waals surface area contributed by atoms with Crippen LogP contribution in [-0.2, 0) is 25.5 Å². The van der Waals surface area contributed by atoms with Crippen molar-refractivity contribution in [2.24, 2.45) is 16.3 Å². The number of carbonyl (C=O) groups excluding carboxylic acids is 2. The van der Waals surface area contributed by atoms with Crippen molar-refractivity contribution in [2.45, 2.75) is 59.9 Å². The van der Waals surface area contributed by atoms with Crippen LogP contribution in [0.5, 0.6) is 0 Å². The summed E-state index contributed by atoms with van der Waals surface area (Å²) in [5.74, 6) is -1.61. The molecule has 0 spiro atoms. The molecule has 0 radical (unpaired) electrons. The smallest absolute Gasteiger partial charge is 0.346 e. The predicted octanol–water partition coefficient (Wildman–Crippen LogP) is 3.30. The van der Waals surface area contributed by atoms with Gasteiger partial charge in [0.25, 0.3) is 5.54 Å². The van der Waals surface area contributed by atoms with Crippen LogP contribution in [-0.4, -0.2) is 41.4 Å². The van der Waals surface area contributed by atoms with E-state index in [1.807, 2.05) is 33.0 Å². The summed E-state index contributed by atoms with van der Waals surface area (Å²) < 4.78 is 10.6. The maximum Gasteiger partial charge on any atom is 0.346 e. The van der Waals surface area contributed by atoms with Gasteiger partial charge in [0, 0.05) is 17.5 Å². The zero-order valence-corrected chi connectivity index (χ0v) is 16.6.